The number of aryl methyl sites for hydroxylation is 2. The second-order valence-electron chi connectivity index (χ2n) is 5.77. The smallest absolute Gasteiger partial charge is 0.251 e. The molecule has 24 heavy (non-hydrogen) atoms. The molecule has 4 nitrogen and oxygen atoms in total. The summed E-state index contributed by atoms with van der Waals surface area (Å²) in [6.07, 6.45) is 0.518. The van der Waals surface area contributed by atoms with E-state index >= 15 is 0 Å². The summed E-state index contributed by atoms with van der Waals surface area (Å²) in [7, 11) is 0. The van der Waals surface area contributed by atoms with Crippen LogP contribution in [0, 0.1) is 12.7 Å². The average Bonchev–Trinajstić information content (AvgIpc) is 2.55. The minimum Gasteiger partial charge on any atom is -0.326 e. The molecule has 0 saturated carbocycles. The van der Waals surface area contributed by atoms with Crippen LogP contribution in [0.1, 0.15) is 17.5 Å². The van der Waals surface area contributed by atoms with Crippen LogP contribution in [0.3, 0.4) is 0 Å². The van der Waals surface area contributed by atoms with Crippen LogP contribution in [-0.4, -0.2) is 10.9 Å². The third-order valence-corrected chi connectivity index (χ3v) is 3.84. The molecule has 0 spiro atoms. The van der Waals surface area contributed by atoms with E-state index in [1.165, 1.54) is 12.1 Å². The Morgan fingerprint density at radius 3 is 2.62 bits per heavy atom. The van der Waals surface area contributed by atoms with Gasteiger partial charge in [0.15, 0.2) is 0 Å². The summed E-state index contributed by atoms with van der Waals surface area (Å²) in [4.78, 5) is 26.7. The molecule has 0 bridgehead atoms. The zero-order valence-corrected chi connectivity index (χ0v) is 13.2. The van der Waals surface area contributed by atoms with E-state index < -0.39 is 5.82 Å². The van der Waals surface area contributed by atoms with Gasteiger partial charge in [-0.2, -0.15) is 0 Å². The predicted molar refractivity (Wildman–Crippen MR) is 92.7 cm³/mol. The minimum atomic E-state index is -0.400. The number of hydrogen-bond acceptors (Lipinski definition) is 2. The van der Waals surface area contributed by atoms with Crippen LogP contribution in [-0.2, 0) is 11.2 Å². The second-order valence-corrected chi connectivity index (χ2v) is 5.77. The Hall–Kier alpha value is -2.95. The molecule has 1 amide bonds. The number of anilines is 1. The highest BCUT2D eigenvalue weighted by molar-refractivity contribution is 5.90. The summed E-state index contributed by atoms with van der Waals surface area (Å²) < 4.78 is 13.2. The van der Waals surface area contributed by atoms with Crippen LogP contribution in [0.25, 0.3) is 10.9 Å². The highest BCUT2D eigenvalue weighted by Crippen LogP contribution is 2.14. The number of amides is 1. The quantitative estimate of drug-likeness (QED) is 0.771. The summed E-state index contributed by atoms with van der Waals surface area (Å²) in [5.74, 6) is -0.555. The van der Waals surface area contributed by atoms with Crippen molar-refractivity contribution in [1.29, 1.82) is 0 Å². The number of nitrogens with one attached hydrogen (secondary N) is 2. The fraction of sp³-hybridized carbons (Fsp3) is 0.158. The Kier molecular flexibility index (Phi) is 4.42. The Morgan fingerprint density at radius 2 is 1.88 bits per heavy atom. The van der Waals surface area contributed by atoms with Crippen LogP contribution in [0.5, 0.6) is 0 Å². The molecule has 0 atom stereocenters. The van der Waals surface area contributed by atoms with Gasteiger partial charge in [-0.1, -0.05) is 17.7 Å². The standard InChI is InChI=1S/C19H17FN2O2/c1-12-2-7-16(8-3-12)21-18(23)9-5-14-10-13-4-6-15(20)11-17(13)22-19(14)24/h2-4,6-8,10-11H,5,9H2,1H3,(H,21,23)(H,22,24). The monoisotopic (exact) mass is 324 g/mol. The average molecular weight is 324 g/mol. The Balaban J connectivity index is 1.69. The lowest BCUT2D eigenvalue weighted by atomic mass is 10.1. The van der Waals surface area contributed by atoms with Gasteiger partial charge in [-0.25, -0.2) is 4.39 Å². The largest absolute Gasteiger partial charge is 0.326 e. The number of carbonyl (C=O) groups is 1. The van der Waals surface area contributed by atoms with Crippen molar-refractivity contribution < 1.29 is 9.18 Å². The molecule has 0 aliphatic rings. The highest BCUT2D eigenvalue weighted by Gasteiger charge is 2.08. The topological polar surface area (TPSA) is 62.0 Å². The number of benzene rings is 2. The van der Waals surface area contributed by atoms with Gasteiger partial charge in [0.05, 0.1) is 5.52 Å². The van der Waals surface area contributed by atoms with E-state index in [1.807, 2.05) is 31.2 Å². The highest BCUT2D eigenvalue weighted by atomic mass is 19.1. The molecule has 0 aliphatic heterocycles. The molecule has 3 aromatic rings. The van der Waals surface area contributed by atoms with Crippen molar-refractivity contribution in [2.24, 2.45) is 0 Å². The number of hydrogen-bond donors (Lipinski definition) is 2. The molecule has 0 saturated heterocycles. The lowest BCUT2D eigenvalue weighted by Gasteiger charge is -2.06. The molecule has 1 aromatic heterocycles. The molecule has 122 valence electrons. The van der Waals surface area contributed by atoms with Crippen molar-refractivity contribution in [3.05, 3.63) is 75.8 Å². The van der Waals surface area contributed by atoms with Gasteiger partial charge >= 0.3 is 0 Å². The van der Waals surface area contributed by atoms with Gasteiger partial charge in [-0.3, -0.25) is 9.59 Å². The molecule has 2 aromatic carbocycles. The van der Waals surface area contributed by atoms with Gasteiger partial charge in [0, 0.05) is 17.7 Å². The number of carbonyl (C=O) groups excluding carboxylic acids is 1. The maximum Gasteiger partial charge on any atom is 0.251 e. The van der Waals surface area contributed by atoms with Crippen LogP contribution < -0.4 is 10.9 Å². The van der Waals surface area contributed by atoms with E-state index in [0.717, 1.165) is 16.6 Å². The molecule has 2 N–H and O–H groups in total. The fourth-order valence-electron chi connectivity index (χ4n) is 2.51. The lowest BCUT2D eigenvalue weighted by Crippen LogP contribution is -2.17. The van der Waals surface area contributed by atoms with Gasteiger partial charge < -0.3 is 10.3 Å². The molecule has 5 heteroatoms. The normalized spacial score (nSPS) is 10.8. The molecular formula is C19H17FN2O2. The van der Waals surface area contributed by atoms with Crippen LogP contribution in [0.2, 0.25) is 0 Å². The zero-order chi connectivity index (χ0) is 17.1. The van der Waals surface area contributed by atoms with Crippen LogP contribution in [0.15, 0.2) is 53.3 Å². The SMILES string of the molecule is Cc1ccc(NC(=O)CCc2cc3ccc(F)cc3[nH]c2=O)cc1. The maximum absolute atomic E-state index is 13.2. The van der Waals surface area contributed by atoms with E-state index in [4.69, 9.17) is 0 Å². The predicted octanol–water partition coefficient (Wildman–Crippen LogP) is 3.55. The lowest BCUT2D eigenvalue weighted by molar-refractivity contribution is -0.116. The number of aromatic amines is 1. The summed E-state index contributed by atoms with van der Waals surface area (Å²) in [5.41, 5.74) is 2.51. The Labute approximate surface area is 138 Å². The van der Waals surface area contributed by atoms with Gasteiger partial charge in [0.1, 0.15) is 5.82 Å². The van der Waals surface area contributed by atoms with Gasteiger partial charge in [0.25, 0.3) is 5.56 Å². The first kappa shape index (κ1) is 15.9. The molecule has 0 fully saturated rings. The van der Waals surface area contributed by atoms with E-state index in [0.29, 0.717) is 17.5 Å². The first-order chi connectivity index (χ1) is 11.5. The van der Waals surface area contributed by atoms with Crippen molar-refractivity contribution >= 4 is 22.5 Å². The number of pyridine rings is 1. The Morgan fingerprint density at radius 1 is 1.12 bits per heavy atom. The summed E-state index contributed by atoms with van der Waals surface area (Å²) in [6, 6.07) is 13.4. The summed E-state index contributed by atoms with van der Waals surface area (Å²) >= 11 is 0. The number of halogens is 1. The van der Waals surface area contributed by atoms with Gasteiger partial charge in [-0.15, -0.1) is 0 Å². The molecule has 1 heterocycles. The molecule has 3 rings (SSSR count). The molecular weight excluding hydrogens is 307 g/mol. The third kappa shape index (κ3) is 3.68. The van der Waals surface area contributed by atoms with E-state index in [2.05, 4.69) is 10.3 Å². The van der Waals surface area contributed by atoms with Crippen molar-refractivity contribution in [2.75, 3.05) is 5.32 Å². The van der Waals surface area contributed by atoms with Crippen LogP contribution >= 0.6 is 0 Å². The molecule has 0 unspecified atom stereocenters. The zero-order valence-electron chi connectivity index (χ0n) is 13.2. The van der Waals surface area contributed by atoms with Crippen molar-refractivity contribution in [3.63, 3.8) is 0 Å². The van der Waals surface area contributed by atoms with E-state index in [-0.39, 0.29) is 17.9 Å². The first-order valence-corrected chi connectivity index (χ1v) is 7.69. The molecule has 0 aliphatic carbocycles. The first-order valence-electron chi connectivity index (χ1n) is 7.69. The van der Waals surface area contributed by atoms with Gasteiger partial charge in [0.2, 0.25) is 5.91 Å². The second kappa shape index (κ2) is 6.66. The molecule has 0 radical (unpaired) electrons. The Bertz CT molecular complexity index is 946. The number of rotatable bonds is 4. The number of aromatic nitrogens is 1. The minimum absolute atomic E-state index is 0.155. The summed E-state index contributed by atoms with van der Waals surface area (Å²) in [6.45, 7) is 1.98. The summed E-state index contributed by atoms with van der Waals surface area (Å²) in [5, 5.41) is 3.54. The van der Waals surface area contributed by atoms with Gasteiger partial charge in [-0.05, 0) is 55.1 Å². The van der Waals surface area contributed by atoms with Crippen LogP contribution in [0.4, 0.5) is 10.1 Å². The maximum atomic E-state index is 13.2. The third-order valence-electron chi connectivity index (χ3n) is 3.84. The van der Waals surface area contributed by atoms with E-state index in [9.17, 15) is 14.0 Å². The van der Waals surface area contributed by atoms with Crippen molar-refractivity contribution in [2.45, 2.75) is 19.8 Å². The van der Waals surface area contributed by atoms with E-state index in [1.54, 1.807) is 12.1 Å². The van der Waals surface area contributed by atoms with Crippen molar-refractivity contribution in [1.82, 2.24) is 4.98 Å². The number of H-pyrrole nitrogens is 1. The van der Waals surface area contributed by atoms with Crippen molar-refractivity contribution in [3.8, 4) is 0 Å². The fourth-order valence-corrected chi connectivity index (χ4v) is 2.51. The number of fused-ring (bicyclic) bond motifs is 1.